The average Bonchev–Trinajstić information content (AvgIpc) is 3.49. The molecular weight excluding hydrogens is 361 g/mol. The van der Waals surface area contributed by atoms with Crippen molar-refractivity contribution < 1.29 is 14.0 Å². The van der Waals surface area contributed by atoms with Gasteiger partial charge in [-0.3, -0.25) is 4.79 Å². The maximum Gasteiger partial charge on any atom is 0.319 e. The summed E-state index contributed by atoms with van der Waals surface area (Å²) in [6, 6.07) is 12.7. The highest BCUT2D eigenvalue weighted by molar-refractivity contribution is 5.97. The van der Waals surface area contributed by atoms with Crippen molar-refractivity contribution in [2.45, 2.75) is 18.9 Å². The molecule has 0 bridgehead atoms. The van der Waals surface area contributed by atoms with Crippen LogP contribution in [0.4, 0.5) is 20.6 Å². The van der Waals surface area contributed by atoms with Crippen LogP contribution in [0, 0.1) is 17.1 Å². The summed E-state index contributed by atoms with van der Waals surface area (Å²) in [4.78, 5) is 24.1. The number of carbonyl (C=O) groups excluding carboxylic acids is 2. The summed E-state index contributed by atoms with van der Waals surface area (Å²) in [5.74, 6) is -0.889. The Bertz CT molecular complexity index is 921. The van der Waals surface area contributed by atoms with E-state index in [2.05, 4.69) is 21.3 Å². The molecule has 2 aromatic rings. The molecule has 2 aromatic carbocycles. The van der Waals surface area contributed by atoms with Crippen LogP contribution in [0.25, 0.3) is 0 Å². The standard InChI is InChI=1S/C20H20FN5O2/c21-17-5-2-6-18(16(17)12-22)23-9-10-24-19(27)13-3-1-4-15(11-13)26-20(28)25-14-7-8-14/h1-6,11,14,23H,7-10H2,(H,24,27)(H2,25,26,28). The third-order valence-corrected chi connectivity index (χ3v) is 4.15. The molecule has 3 amide bonds. The van der Waals surface area contributed by atoms with Crippen LogP contribution >= 0.6 is 0 Å². The quantitative estimate of drug-likeness (QED) is 0.553. The van der Waals surface area contributed by atoms with Gasteiger partial charge in [-0.1, -0.05) is 12.1 Å². The summed E-state index contributed by atoms with van der Waals surface area (Å²) in [6.07, 6.45) is 1.99. The first kappa shape index (κ1) is 19.2. The molecule has 1 aliphatic carbocycles. The zero-order valence-corrected chi connectivity index (χ0v) is 15.1. The maximum absolute atomic E-state index is 13.5. The van der Waals surface area contributed by atoms with E-state index in [4.69, 9.17) is 5.26 Å². The first-order chi connectivity index (χ1) is 13.6. The van der Waals surface area contributed by atoms with Crippen LogP contribution in [0.5, 0.6) is 0 Å². The lowest BCUT2D eigenvalue weighted by atomic mass is 10.2. The second kappa shape index (κ2) is 8.86. The van der Waals surface area contributed by atoms with Crippen molar-refractivity contribution in [1.82, 2.24) is 10.6 Å². The number of amides is 3. The Labute approximate surface area is 161 Å². The number of rotatable bonds is 7. The Kier molecular flexibility index (Phi) is 6.07. The van der Waals surface area contributed by atoms with E-state index in [9.17, 15) is 14.0 Å². The molecule has 0 unspecified atom stereocenters. The van der Waals surface area contributed by atoms with E-state index >= 15 is 0 Å². The van der Waals surface area contributed by atoms with Crippen molar-refractivity contribution in [1.29, 1.82) is 5.26 Å². The van der Waals surface area contributed by atoms with Gasteiger partial charge in [-0.25, -0.2) is 9.18 Å². The van der Waals surface area contributed by atoms with E-state index in [0.29, 0.717) is 23.5 Å². The molecule has 3 rings (SSSR count). The minimum atomic E-state index is -0.591. The normalized spacial score (nSPS) is 12.6. The van der Waals surface area contributed by atoms with E-state index in [1.54, 1.807) is 30.3 Å². The Hall–Kier alpha value is -3.60. The fourth-order valence-corrected chi connectivity index (χ4v) is 2.58. The average molecular weight is 381 g/mol. The van der Waals surface area contributed by atoms with E-state index in [0.717, 1.165) is 12.8 Å². The molecule has 0 radical (unpaired) electrons. The second-order valence-corrected chi connectivity index (χ2v) is 6.41. The van der Waals surface area contributed by atoms with Gasteiger partial charge in [0.1, 0.15) is 17.4 Å². The van der Waals surface area contributed by atoms with Gasteiger partial charge in [-0.2, -0.15) is 5.26 Å². The van der Waals surface area contributed by atoms with E-state index < -0.39 is 5.82 Å². The summed E-state index contributed by atoms with van der Waals surface area (Å²) >= 11 is 0. The highest BCUT2D eigenvalue weighted by atomic mass is 19.1. The van der Waals surface area contributed by atoms with Crippen LogP contribution in [-0.2, 0) is 0 Å². The van der Waals surface area contributed by atoms with Crippen LogP contribution in [0.1, 0.15) is 28.8 Å². The van der Waals surface area contributed by atoms with Gasteiger partial charge < -0.3 is 21.3 Å². The monoisotopic (exact) mass is 381 g/mol. The highest BCUT2D eigenvalue weighted by Gasteiger charge is 2.23. The molecule has 0 atom stereocenters. The molecule has 1 saturated carbocycles. The Morgan fingerprint density at radius 2 is 1.93 bits per heavy atom. The number of halogens is 1. The number of benzene rings is 2. The Balaban J connectivity index is 1.48. The topological polar surface area (TPSA) is 106 Å². The van der Waals surface area contributed by atoms with Crippen molar-refractivity contribution in [2.24, 2.45) is 0 Å². The summed E-state index contributed by atoms with van der Waals surface area (Å²) in [5, 5.41) is 20.2. The van der Waals surface area contributed by atoms with E-state index in [1.165, 1.54) is 12.1 Å². The molecule has 0 aliphatic heterocycles. The molecule has 1 fully saturated rings. The predicted molar refractivity (Wildman–Crippen MR) is 104 cm³/mol. The van der Waals surface area contributed by atoms with Gasteiger partial charge in [-0.05, 0) is 43.2 Å². The molecular formula is C20H20FN5O2. The van der Waals surface area contributed by atoms with Crippen LogP contribution in [0.3, 0.4) is 0 Å². The lowest BCUT2D eigenvalue weighted by Gasteiger charge is -2.11. The number of hydrogen-bond acceptors (Lipinski definition) is 4. The van der Waals surface area contributed by atoms with Gasteiger partial charge in [0.2, 0.25) is 0 Å². The number of carbonyl (C=O) groups is 2. The molecule has 1 aliphatic rings. The second-order valence-electron chi connectivity index (χ2n) is 6.41. The zero-order valence-electron chi connectivity index (χ0n) is 15.1. The minimum Gasteiger partial charge on any atom is -0.382 e. The fourth-order valence-electron chi connectivity index (χ4n) is 2.58. The molecule has 0 aromatic heterocycles. The van der Waals surface area contributed by atoms with Crippen LogP contribution in [0.2, 0.25) is 0 Å². The van der Waals surface area contributed by atoms with Gasteiger partial charge in [0.05, 0.1) is 5.69 Å². The molecule has 7 nitrogen and oxygen atoms in total. The highest BCUT2D eigenvalue weighted by Crippen LogP contribution is 2.19. The van der Waals surface area contributed by atoms with Crippen molar-refractivity contribution in [3.05, 3.63) is 59.4 Å². The number of nitrogens with one attached hydrogen (secondary N) is 4. The molecule has 0 spiro atoms. The largest absolute Gasteiger partial charge is 0.382 e. The van der Waals surface area contributed by atoms with Crippen molar-refractivity contribution in [2.75, 3.05) is 23.7 Å². The number of hydrogen-bond donors (Lipinski definition) is 4. The lowest BCUT2D eigenvalue weighted by Crippen LogP contribution is -2.31. The fraction of sp³-hybridized carbons (Fsp3) is 0.250. The molecule has 0 heterocycles. The summed E-state index contributed by atoms with van der Waals surface area (Å²) in [7, 11) is 0. The van der Waals surface area contributed by atoms with E-state index in [-0.39, 0.29) is 30.1 Å². The van der Waals surface area contributed by atoms with Crippen LogP contribution in [-0.4, -0.2) is 31.1 Å². The minimum absolute atomic E-state index is 0.0583. The third-order valence-electron chi connectivity index (χ3n) is 4.15. The van der Waals surface area contributed by atoms with Crippen LogP contribution in [0.15, 0.2) is 42.5 Å². The molecule has 144 valence electrons. The Morgan fingerprint density at radius 1 is 1.14 bits per heavy atom. The maximum atomic E-state index is 13.5. The summed E-state index contributed by atoms with van der Waals surface area (Å²) in [6.45, 7) is 0.603. The number of urea groups is 1. The third kappa shape index (κ3) is 5.20. The van der Waals surface area contributed by atoms with Crippen LogP contribution < -0.4 is 21.3 Å². The molecule has 0 saturated heterocycles. The number of nitriles is 1. The van der Waals surface area contributed by atoms with Gasteiger partial charge >= 0.3 is 6.03 Å². The summed E-state index contributed by atoms with van der Waals surface area (Å²) in [5.41, 5.74) is 1.26. The summed E-state index contributed by atoms with van der Waals surface area (Å²) < 4.78 is 13.5. The smallest absolute Gasteiger partial charge is 0.319 e. The van der Waals surface area contributed by atoms with Gasteiger partial charge in [0.25, 0.3) is 5.91 Å². The molecule has 8 heteroatoms. The lowest BCUT2D eigenvalue weighted by molar-refractivity contribution is 0.0955. The first-order valence-corrected chi connectivity index (χ1v) is 8.95. The SMILES string of the molecule is N#Cc1c(F)cccc1NCCNC(=O)c1cccc(NC(=O)NC2CC2)c1. The molecule has 4 N–H and O–H groups in total. The van der Waals surface area contributed by atoms with Crippen molar-refractivity contribution in [3.8, 4) is 6.07 Å². The van der Waals surface area contributed by atoms with Gasteiger partial charge in [0, 0.05) is 30.4 Å². The number of anilines is 2. The van der Waals surface area contributed by atoms with Crippen molar-refractivity contribution >= 4 is 23.3 Å². The van der Waals surface area contributed by atoms with E-state index in [1.807, 2.05) is 6.07 Å². The Morgan fingerprint density at radius 3 is 2.68 bits per heavy atom. The van der Waals surface area contributed by atoms with Gasteiger partial charge in [-0.15, -0.1) is 0 Å². The predicted octanol–water partition coefficient (Wildman–Crippen LogP) is 2.82. The zero-order chi connectivity index (χ0) is 19.9. The first-order valence-electron chi connectivity index (χ1n) is 8.95. The van der Waals surface area contributed by atoms with Crippen molar-refractivity contribution in [3.63, 3.8) is 0 Å². The number of nitrogens with zero attached hydrogens (tertiary/aromatic N) is 1. The molecule has 28 heavy (non-hydrogen) atoms. The van der Waals surface area contributed by atoms with Gasteiger partial charge in [0.15, 0.2) is 0 Å².